The maximum atomic E-state index is 10.5. The number of thiazole rings is 1. The van der Waals surface area contributed by atoms with E-state index in [1.165, 1.54) is 11.3 Å². The highest BCUT2D eigenvalue weighted by Gasteiger charge is 2.04. The second-order valence-electron chi connectivity index (χ2n) is 3.47. The highest BCUT2D eigenvalue weighted by Crippen LogP contribution is 2.17. The first kappa shape index (κ1) is 12.2. The van der Waals surface area contributed by atoms with E-state index in [2.05, 4.69) is 10.3 Å². The van der Waals surface area contributed by atoms with Gasteiger partial charge in [0.15, 0.2) is 0 Å². The fourth-order valence-corrected chi connectivity index (χ4v) is 2.96. The van der Waals surface area contributed by atoms with Crippen molar-refractivity contribution >= 4 is 28.6 Å². The molecule has 2 aromatic heterocycles. The summed E-state index contributed by atoms with van der Waals surface area (Å²) in [6, 6.07) is 3.84. The minimum absolute atomic E-state index is 0.108. The van der Waals surface area contributed by atoms with Crippen LogP contribution in [-0.4, -0.2) is 16.1 Å². The number of carboxylic acid groups (broad SMARTS) is 1. The fourth-order valence-electron chi connectivity index (χ4n) is 1.39. The lowest BCUT2D eigenvalue weighted by Gasteiger charge is -1.99. The predicted molar refractivity (Wildman–Crippen MR) is 68.3 cm³/mol. The Morgan fingerprint density at radius 1 is 1.35 bits per heavy atom. The van der Waals surface area contributed by atoms with Gasteiger partial charge in [0.1, 0.15) is 5.01 Å². The summed E-state index contributed by atoms with van der Waals surface area (Å²) in [5, 5.41) is 15.0. The number of nitrogens with one attached hydrogen (secondary N) is 1. The van der Waals surface area contributed by atoms with Crippen LogP contribution in [0.4, 0.5) is 0 Å². The molecule has 0 saturated heterocycles. The van der Waals surface area contributed by atoms with Crippen molar-refractivity contribution in [2.45, 2.75) is 19.5 Å². The molecule has 0 saturated carbocycles. The molecule has 17 heavy (non-hydrogen) atoms. The molecule has 0 unspecified atom stereocenters. The van der Waals surface area contributed by atoms with Crippen molar-refractivity contribution in [2.24, 2.45) is 0 Å². The largest absolute Gasteiger partial charge is 0.481 e. The van der Waals surface area contributed by atoms with Crippen LogP contribution in [-0.2, 0) is 24.3 Å². The van der Waals surface area contributed by atoms with Gasteiger partial charge in [-0.05, 0) is 12.1 Å². The zero-order valence-corrected chi connectivity index (χ0v) is 10.7. The SMILES string of the molecule is O=C(O)Cc1ccc(CNCc2nccs2)s1. The summed E-state index contributed by atoms with van der Waals surface area (Å²) >= 11 is 3.16. The summed E-state index contributed by atoms with van der Waals surface area (Å²) in [5.41, 5.74) is 0. The van der Waals surface area contributed by atoms with Crippen molar-refractivity contribution in [3.8, 4) is 0 Å². The zero-order chi connectivity index (χ0) is 12.1. The summed E-state index contributed by atoms with van der Waals surface area (Å²) in [6.45, 7) is 1.51. The van der Waals surface area contributed by atoms with Gasteiger partial charge < -0.3 is 10.4 Å². The molecule has 2 aromatic rings. The third-order valence-corrected chi connectivity index (χ3v) is 3.97. The van der Waals surface area contributed by atoms with Gasteiger partial charge in [-0.2, -0.15) is 0 Å². The topological polar surface area (TPSA) is 62.2 Å². The molecule has 2 N–H and O–H groups in total. The second kappa shape index (κ2) is 5.90. The van der Waals surface area contributed by atoms with Gasteiger partial charge in [-0.15, -0.1) is 22.7 Å². The van der Waals surface area contributed by atoms with Crippen LogP contribution in [0.25, 0.3) is 0 Å². The summed E-state index contributed by atoms with van der Waals surface area (Å²) in [6.07, 6.45) is 1.90. The van der Waals surface area contributed by atoms with E-state index in [1.54, 1.807) is 17.5 Å². The minimum Gasteiger partial charge on any atom is -0.481 e. The molecule has 0 fully saturated rings. The maximum absolute atomic E-state index is 10.5. The van der Waals surface area contributed by atoms with E-state index >= 15 is 0 Å². The molecule has 0 spiro atoms. The minimum atomic E-state index is -0.783. The Kier molecular flexibility index (Phi) is 4.24. The molecule has 2 rings (SSSR count). The van der Waals surface area contributed by atoms with Crippen LogP contribution in [0.2, 0.25) is 0 Å². The molecule has 6 heteroatoms. The predicted octanol–water partition coefficient (Wildman–Crippen LogP) is 2.12. The molecule has 4 nitrogen and oxygen atoms in total. The molecule has 0 atom stereocenters. The van der Waals surface area contributed by atoms with E-state index < -0.39 is 5.97 Å². The smallest absolute Gasteiger partial charge is 0.308 e. The third-order valence-electron chi connectivity index (χ3n) is 2.10. The van der Waals surface area contributed by atoms with E-state index in [0.29, 0.717) is 0 Å². The average Bonchev–Trinajstić information content (AvgIpc) is 2.89. The molecule has 0 aliphatic carbocycles. The van der Waals surface area contributed by atoms with Crippen LogP contribution in [0.15, 0.2) is 23.7 Å². The fraction of sp³-hybridized carbons (Fsp3) is 0.273. The van der Waals surface area contributed by atoms with E-state index in [1.807, 2.05) is 17.5 Å². The van der Waals surface area contributed by atoms with Gasteiger partial charge in [-0.3, -0.25) is 4.79 Å². The van der Waals surface area contributed by atoms with Gasteiger partial charge in [-0.1, -0.05) is 0 Å². The molecule has 0 aliphatic rings. The van der Waals surface area contributed by atoms with Crippen LogP contribution in [0, 0.1) is 0 Å². The van der Waals surface area contributed by atoms with Crippen molar-refractivity contribution in [3.63, 3.8) is 0 Å². The first-order chi connectivity index (χ1) is 8.24. The molecule has 0 aromatic carbocycles. The number of carbonyl (C=O) groups is 1. The normalized spacial score (nSPS) is 10.6. The van der Waals surface area contributed by atoms with Crippen molar-refractivity contribution in [1.82, 2.24) is 10.3 Å². The highest BCUT2D eigenvalue weighted by atomic mass is 32.1. The van der Waals surface area contributed by atoms with E-state index in [9.17, 15) is 4.79 Å². The maximum Gasteiger partial charge on any atom is 0.308 e. The third kappa shape index (κ3) is 3.92. The molecule has 0 aliphatic heterocycles. The molecule has 0 amide bonds. The molecular formula is C11H12N2O2S2. The van der Waals surface area contributed by atoms with E-state index in [0.717, 1.165) is 27.9 Å². The number of thiophene rings is 1. The zero-order valence-electron chi connectivity index (χ0n) is 9.05. The average molecular weight is 268 g/mol. The summed E-state index contributed by atoms with van der Waals surface area (Å²) < 4.78 is 0. The first-order valence-corrected chi connectivity index (χ1v) is 6.82. The quantitative estimate of drug-likeness (QED) is 0.842. The van der Waals surface area contributed by atoms with Gasteiger partial charge in [0.2, 0.25) is 0 Å². The van der Waals surface area contributed by atoms with E-state index in [4.69, 9.17) is 5.11 Å². The lowest BCUT2D eigenvalue weighted by molar-refractivity contribution is -0.136. The Balaban J connectivity index is 1.79. The lowest BCUT2D eigenvalue weighted by atomic mass is 10.3. The van der Waals surface area contributed by atoms with Crippen LogP contribution in [0.3, 0.4) is 0 Å². The van der Waals surface area contributed by atoms with Gasteiger partial charge in [-0.25, -0.2) is 4.98 Å². The molecule has 0 bridgehead atoms. The van der Waals surface area contributed by atoms with Gasteiger partial charge in [0.25, 0.3) is 0 Å². The Bertz CT molecular complexity index is 479. The molecular weight excluding hydrogens is 256 g/mol. The highest BCUT2D eigenvalue weighted by molar-refractivity contribution is 7.12. The van der Waals surface area contributed by atoms with Crippen LogP contribution >= 0.6 is 22.7 Å². The number of hydrogen-bond donors (Lipinski definition) is 2. The van der Waals surface area contributed by atoms with Gasteiger partial charge >= 0.3 is 5.97 Å². The number of nitrogens with zero attached hydrogens (tertiary/aromatic N) is 1. The van der Waals surface area contributed by atoms with Crippen LogP contribution in [0.1, 0.15) is 14.8 Å². The Labute approximate surface area is 107 Å². The standard InChI is InChI=1S/C11H12N2O2S2/c14-11(15)5-8-1-2-9(17-8)6-12-7-10-13-3-4-16-10/h1-4,12H,5-7H2,(H,14,15). The van der Waals surface area contributed by atoms with Crippen molar-refractivity contribution in [1.29, 1.82) is 0 Å². The van der Waals surface area contributed by atoms with Crippen molar-refractivity contribution < 1.29 is 9.90 Å². The van der Waals surface area contributed by atoms with Gasteiger partial charge in [0.05, 0.1) is 6.42 Å². The van der Waals surface area contributed by atoms with Crippen LogP contribution in [0.5, 0.6) is 0 Å². The Morgan fingerprint density at radius 2 is 2.18 bits per heavy atom. The second-order valence-corrected chi connectivity index (χ2v) is 5.70. The number of rotatable bonds is 6. The summed E-state index contributed by atoms with van der Waals surface area (Å²) in [5.74, 6) is -0.783. The number of aromatic nitrogens is 1. The lowest BCUT2D eigenvalue weighted by Crippen LogP contribution is -2.11. The number of hydrogen-bond acceptors (Lipinski definition) is 5. The van der Waals surface area contributed by atoms with E-state index in [-0.39, 0.29) is 6.42 Å². The van der Waals surface area contributed by atoms with Crippen molar-refractivity contribution in [3.05, 3.63) is 38.5 Å². The number of aliphatic carboxylic acids is 1. The molecule has 90 valence electrons. The van der Waals surface area contributed by atoms with Gasteiger partial charge in [0, 0.05) is 34.4 Å². The monoisotopic (exact) mass is 268 g/mol. The summed E-state index contributed by atoms with van der Waals surface area (Å²) in [7, 11) is 0. The first-order valence-electron chi connectivity index (χ1n) is 5.12. The Hall–Kier alpha value is -1.24. The van der Waals surface area contributed by atoms with Crippen LogP contribution < -0.4 is 5.32 Å². The number of carboxylic acids is 1. The molecule has 0 radical (unpaired) electrons. The molecule has 2 heterocycles. The van der Waals surface area contributed by atoms with Crippen molar-refractivity contribution in [2.75, 3.05) is 0 Å². The summed E-state index contributed by atoms with van der Waals surface area (Å²) in [4.78, 5) is 16.7. The Morgan fingerprint density at radius 3 is 2.88 bits per heavy atom.